The number of hydrogen-bond acceptors (Lipinski definition) is 3. The van der Waals surface area contributed by atoms with Gasteiger partial charge in [-0.1, -0.05) is 29.8 Å². The van der Waals surface area contributed by atoms with Crippen LogP contribution in [0.5, 0.6) is 0 Å². The highest BCUT2D eigenvalue weighted by Crippen LogP contribution is 2.19. The van der Waals surface area contributed by atoms with Crippen LogP contribution < -0.4 is 0 Å². The van der Waals surface area contributed by atoms with Gasteiger partial charge in [-0.2, -0.15) is 0 Å². The summed E-state index contributed by atoms with van der Waals surface area (Å²) in [6.07, 6.45) is 1.79. The number of benzene rings is 1. The number of hydrogen-bond donors (Lipinski definition) is 0. The number of piperazine rings is 1. The predicted octanol–water partition coefficient (Wildman–Crippen LogP) is 2.77. The Bertz CT molecular complexity index is 731. The van der Waals surface area contributed by atoms with Gasteiger partial charge in [-0.3, -0.25) is 9.59 Å². The Morgan fingerprint density at radius 1 is 1.04 bits per heavy atom. The smallest absolute Gasteiger partial charge is 0.258 e. The molecule has 1 saturated heterocycles. The molecule has 0 radical (unpaired) electrons. The molecule has 5 nitrogen and oxygen atoms in total. The summed E-state index contributed by atoms with van der Waals surface area (Å²) in [5, 5.41) is 0.109. The monoisotopic (exact) mass is 346 g/mol. The number of aryl methyl sites for hydroxylation is 1. The van der Waals surface area contributed by atoms with E-state index in [0.29, 0.717) is 38.2 Å². The van der Waals surface area contributed by atoms with Crippen LogP contribution in [0.4, 0.5) is 0 Å². The van der Waals surface area contributed by atoms with Crippen LogP contribution in [0.3, 0.4) is 0 Å². The lowest BCUT2D eigenvalue weighted by Gasteiger charge is -2.34. The maximum absolute atomic E-state index is 12.4. The Hall–Kier alpha value is -2.27. The summed E-state index contributed by atoms with van der Waals surface area (Å²) in [6.45, 7) is 4.09. The number of furan rings is 1. The molecular formula is C18H19ClN2O3. The Kier molecular flexibility index (Phi) is 4.90. The third-order valence-electron chi connectivity index (χ3n) is 4.24. The first-order chi connectivity index (χ1) is 11.5. The lowest BCUT2D eigenvalue weighted by Crippen LogP contribution is -2.51. The van der Waals surface area contributed by atoms with Crippen LogP contribution in [0, 0.1) is 6.92 Å². The molecular weight excluding hydrogens is 328 g/mol. The van der Waals surface area contributed by atoms with Gasteiger partial charge < -0.3 is 14.2 Å². The molecule has 0 unspecified atom stereocenters. The Labute approximate surface area is 145 Å². The first-order valence-corrected chi connectivity index (χ1v) is 8.28. The fourth-order valence-corrected chi connectivity index (χ4v) is 2.96. The highest BCUT2D eigenvalue weighted by atomic mass is 35.5. The van der Waals surface area contributed by atoms with Crippen molar-refractivity contribution in [2.24, 2.45) is 0 Å². The van der Waals surface area contributed by atoms with Gasteiger partial charge >= 0.3 is 0 Å². The third-order valence-corrected chi connectivity index (χ3v) is 4.54. The molecule has 1 fully saturated rings. The minimum Gasteiger partial charge on any atom is -0.452 e. The quantitative estimate of drug-likeness (QED) is 0.858. The fraction of sp³-hybridized carbons (Fsp3) is 0.333. The molecule has 0 N–H and O–H groups in total. The highest BCUT2D eigenvalue weighted by molar-refractivity contribution is 6.32. The van der Waals surface area contributed by atoms with Crippen molar-refractivity contribution in [3.63, 3.8) is 0 Å². The summed E-state index contributed by atoms with van der Waals surface area (Å²) >= 11 is 5.86. The van der Waals surface area contributed by atoms with E-state index in [9.17, 15) is 9.59 Å². The normalized spacial score (nSPS) is 14.8. The predicted molar refractivity (Wildman–Crippen MR) is 91.1 cm³/mol. The molecule has 0 bridgehead atoms. The van der Waals surface area contributed by atoms with Gasteiger partial charge in [-0.15, -0.1) is 0 Å². The molecule has 0 aliphatic carbocycles. The number of carbonyl (C=O) groups is 2. The van der Waals surface area contributed by atoms with E-state index < -0.39 is 0 Å². The van der Waals surface area contributed by atoms with Gasteiger partial charge in [-0.05, 0) is 30.2 Å². The number of halogens is 1. The minimum atomic E-state index is -0.153. The second-order valence-corrected chi connectivity index (χ2v) is 6.29. The lowest BCUT2D eigenvalue weighted by atomic mass is 10.1. The molecule has 126 valence electrons. The zero-order valence-corrected chi connectivity index (χ0v) is 14.3. The van der Waals surface area contributed by atoms with Gasteiger partial charge in [0, 0.05) is 26.2 Å². The average Bonchev–Trinajstić information content (AvgIpc) is 3.02. The van der Waals surface area contributed by atoms with E-state index in [2.05, 4.69) is 0 Å². The molecule has 1 aromatic heterocycles. The molecule has 1 aliphatic heterocycles. The van der Waals surface area contributed by atoms with Gasteiger partial charge in [-0.25, -0.2) is 0 Å². The molecule has 3 rings (SSSR count). The van der Waals surface area contributed by atoms with Crippen LogP contribution in [0.2, 0.25) is 5.22 Å². The summed E-state index contributed by atoms with van der Waals surface area (Å²) in [5.41, 5.74) is 2.56. The largest absolute Gasteiger partial charge is 0.452 e. The van der Waals surface area contributed by atoms with E-state index in [0.717, 1.165) is 5.56 Å². The van der Waals surface area contributed by atoms with E-state index in [-0.39, 0.29) is 17.0 Å². The summed E-state index contributed by atoms with van der Waals surface area (Å²) < 4.78 is 4.96. The Morgan fingerprint density at radius 3 is 2.25 bits per heavy atom. The molecule has 2 amide bonds. The van der Waals surface area contributed by atoms with Crippen molar-refractivity contribution >= 4 is 23.4 Å². The zero-order chi connectivity index (χ0) is 17.1. The SMILES string of the molecule is Cc1ccc(CC(=O)N2CCN(C(=O)c3ccoc3Cl)CC2)cc1. The molecule has 0 atom stereocenters. The van der Waals surface area contributed by atoms with Crippen molar-refractivity contribution < 1.29 is 14.0 Å². The molecule has 1 aromatic carbocycles. The van der Waals surface area contributed by atoms with Crippen LogP contribution in [0.1, 0.15) is 21.5 Å². The topological polar surface area (TPSA) is 53.8 Å². The molecule has 2 aromatic rings. The molecule has 0 spiro atoms. The first-order valence-electron chi connectivity index (χ1n) is 7.90. The number of nitrogens with zero attached hydrogens (tertiary/aromatic N) is 2. The molecule has 2 heterocycles. The molecule has 24 heavy (non-hydrogen) atoms. The summed E-state index contributed by atoms with van der Waals surface area (Å²) in [6, 6.07) is 9.54. The number of rotatable bonds is 3. The van der Waals surface area contributed by atoms with Crippen molar-refractivity contribution in [2.45, 2.75) is 13.3 Å². The Balaban J connectivity index is 1.55. The summed E-state index contributed by atoms with van der Waals surface area (Å²) in [4.78, 5) is 28.3. The molecule has 6 heteroatoms. The third kappa shape index (κ3) is 3.62. The summed E-state index contributed by atoms with van der Waals surface area (Å²) in [7, 11) is 0. The van der Waals surface area contributed by atoms with Gasteiger partial charge in [0.1, 0.15) is 0 Å². The van der Waals surface area contributed by atoms with E-state index in [1.807, 2.05) is 31.2 Å². The average molecular weight is 347 g/mol. The van der Waals surface area contributed by atoms with Crippen molar-refractivity contribution in [2.75, 3.05) is 26.2 Å². The van der Waals surface area contributed by atoms with Crippen molar-refractivity contribution in [1.82, 2.24) is 9.80 Å². The summed E-state index contributed by atoms with van der Waals surface area (Å²) in [5.74, 6) is -0.0633. The van der Waals surface area contributed by atoms with Crippen LogP contribution in [0.15, 0.2) is 41.0 Å². The maximum Gasteiger partial charge on any atom is 0.258 e. The van der Waals surface area contributed by atoms with E-state index in [4.69, 9.17) is 16.0 Å². The molecule has 0 saturated carbocycles. The van der Waals surface area contributed by atoms with E-state index >= 15 is 0 Å². The van der Waals surface area contributed by atoms with Crippen molar-refractivity contribution in [1.29, 1.82) is 0 Å². The van der Waals surface area contributed by atoms with Crippen LogP contribution in [-0.4, -0.2) is 47.8 Å². The van der Waals surface area contributed by atoms with Gasteiger partial charge in [0.25, 0.3) is 5.91 Å². The fourth-order valence-electron chi connectivity index (χ4n) is 2.77. The highest BCUT2D eigenvalue weighted by Gasteiger charge is 2.26. The van der Waals surface area contributed by atoms with E-state index in [1.54, 1.807) is 15.9 Å². The maximum atomic E-state index is 12.4. The Morgan fingerprint density at radius 2 is 1.67 bits per heavy atom. The number of carbonyl (C=O) groups excluding carboxylic acids is 2. The molecule has 1 aliphatic rings. The van der Waals surface area contributed by atoms with Crippen molar-refractivity contribution in [3.8, 4) is 0 Å². The van der Waals surface area contributed by atoms with Gasteiger partial charge in [0.2, 0.25) is 11.1 Å². The van der Waals surface area contributed by atoms with Crippen LogP contribution >= 0.6 is 11.6 Å². The van der Waals surface area contributed by atoms with Crippen molar-refractivity contribution in [3.05, 3.63) is 58.5 Å². The second-order valence-electron chi connectivity index (χ2n) is 5.94. The van der Waals surface area contributed by atoms with Gasteiger partial charge in [0.05, 0.1) is 18.2 Å². The second kappa shape index (κ2) is 7.09. The number of amides is 2. The minimum absolute atomic E-state index is 0.0901. The lowest BCUT2D eigenvalue weighted by molar-refractivity contribution is -0.131. The zero-order valence-electron chi connectivity index (χ0n) is 13.5. The van der Waals surface area contributed by atoms with Gasteiger partial charge in [0.15, 0.2) is 0 Å². The standard InChI is InChI=1S/C18H19ClN2O3/c1-13-2-4-14(5-3-13)12-16(22)20-7-9-21(10-8-20)18(23)15-6-11-24-17(15)19/h2-6,11H,7-10,12H2,1H3. The van der Waals surface area contributed by atoms with E-state index in [1.165, 1.54) is 11.8 Å². The van der Waals surface area contributed by atoms with Crippen LogP contribution in [-0.2, 0) is 11.2 Å². The first kappa shape index (κ1) is 16.6. The van der Waals surface area contributed by atoms with Crippen LogP contribution in [0.25, 0.3) is 0 Å².